The fourth-order valence-electron chi connectivity index (χ4n) is 3.77. The number of hydrogen-bond donors (Lipinski definition) is 3. The standard InChI is InChI=1S/C28H30O5/c1-3-5-9-25(21-7-6-8-24(18-21)33-26(4-2)28(31)32)27(19-10-14-22(29)15-11-19)20-12-16-23(30)17-13-20/h6-8,10-18,26,29-30H,3-5,9H2,1-2H3,(H,31,32). The molecule has 1 atom stereocenters. The molecular formula is C28H30O5. The van der Waals surface area contributed by atoms with Gasteiger partial charge in [0.1, 0.15) is 17.2 Å². The van der Waals surface area contributed by atoms with E-state index in [4.69, 9.17) is 4.74 Å². The van der Waals surface area contributed by atoms with Gasteiger partial charge in [0.05, 0.1) is 0 Å². The number of phenols is 2. The number of carboxylic acids is 1. The van der Waals surface area contributed by atoms with Gasteiger partial charge >= 0.3 is 5.97 Å². The summed E-state index contributed by atoms with van der Waals surface area (Å²) in [6.07, 6.45) is 2.23. The molecule has 1 unspecified atom stereocenters. The maximum atomic E-state index is 11.5. The van der Waals surface area contributed by atoms with E-state index in [1.54, 1.807) is 37.3 Å². The largest absolute Gasteiger partial charge is 0.508 e. The molecule has 0 radical (unpaired) electrons. The number of aliphatic carboxylic acids is 1. The predicted molar refractivity (Wildman–Crippen MR) is 130 cm³/mol. The first-order chi connectivity index (χ1) is 15.9. The van der Waals surface area contributed by atoms with Crippen molar-refractivity contribution in [2.75, 3.05) is 0 Å². The lowest BCUT2D eigenvalue weighted by molar-refractivity contribution is -0.145. The van der Waals surface area contributed by atoms with E-state index in [0.29, 0.717) is 12.2 Å². The number of benzene rings is 3. The zero-order chi connectivity index (χ0) is 23.8. The van der Waals surface area contributed by atoms with Crippen molar-refractivity contribution in [1.29, 1.82) is 0 Å². The van der Waals surface area contributed by atoms with Crippen LogP contribution in [0.1, 0.15) is 56.2 Å². The van der Waals surface area contributed by atoms with Crippen LogP contribution in [0.25, 0.3) is 11.1 Å². The topological polar surface area (TPSA) is 87.0 Å². The molecule has 3 N–H and O–H groups in total. The van der Waals surface area contributed by atoms with Crippen LogP contribution in [-0.2, 0) is 4.79 Å². The van der Waals surface area contributed by atoms with Gasteiger partial charge in [-0.05, 0) is 83.5 Å². The maximum absolute atomic E-state index is 11.5. The summed E-state index contributed by atoms with van der Waals surface area (Å²) in [5, 5.41) is 29.0. The number of unbranched alkanes of at least 4 members (excludes halogenated alkanes) is 1. The highest BCUT2D eigenvalue weighted by molar-refractivity contribution is 5.98. The average molecular weight is 447 g/mol. The molecule has 0 saturated heterocycles. The molecule has 172 valence electrons. The van der Waals surface area contributed by atoms with E-state index in [9.17, 15) is 20.1 Å². The molecule has 3 aromatic rings. The molecule has 0 spiro atoms. The monoisotopic (exact) mass is 446 g/mol. The first-order valence-corrected chi connectivity index (χ1v) is 11.2. The van der Waals surface area contributed by atoms with E-state index in [2.05, 4.69) is 6.92 Å². The Morgan fingerprint density at radius 3 is 1.91 bits per heavy atom. The Labute approximate surface area is 194 Å². The molecule has 33 heavy (non-hydrogen) atoms. The van der Waals surface area contributed by atoms with Crippen molar-refractivity contribution in [3.05, 3.63) is 89.5 Å². The number of carboxylic acid groups (broad SMARTS) is 1. The number of hydrogen-bond acceptors (Lipinski definition) is 4. The van der Waals surface area contributed by atoms with Crippen molar-refractivity contribution >= 4 is 17.1 Å². The molecule has 3 rings (SSSR count). The van der Waals surface area contributed by atoms with Crippen LogP contribution in [0.5, 0.6) is 17.2 Å². The van der Waals surface area contributed by atoms with Gasteiger partial charge in [0.15, 0.2) is 6.10 Å². The minimum Gasteiger partial charge on any atom is -0.508 e. The van der Waals surface area contributed by atoms with Gasteiger partial charge in [-0.15, -0.1) is 0 Å². The lowest BCUT2D eigenvalue weighted by Crippen LogP contribution is -2.25. The number of ether oxygens (including phenoxy) is 1. The number of allylic oxidation sites excluding steroid dienone is 1. The van der Waals surface area contributed by atoms with Crippen molar-refractivity contribution in [2.24, 2.45) is 0 Å². The van der Waals surface area contributed by atoms with Gasteiger partial charge in [0, 0.05) is 0 Å². The molecule has 0 aliphatic heterocycles. The van der Waals surface area contributed by atoms with Crippen molar-refractivity contribution < 1.29 is 24.9 Å². The lowest BCUT2D eigenvalue weighted by atomic mass is 9.87. The Morgan fingerprint density at radius 1 is 0.848 bits per heavy atom. The van der Waals surface area contributed by atoms with E-state index in [1.165, 1.54) is 0 Å². The summed E-state index contributed by atoms with van der Waals surface area (Å²) in [4.78, 5) is 11.5. The fourth-order valence-corrected chi connectivity index (χ4v) is 3.77. The van der Waals surface area contributed by atoms with Crippen molar-refractivity contribution in [3.8, 4) is 17.2 Å². The van der Waals surface area contributed by atoms with E-state index >= 15 is 0 Å². The quantitative estimate of drug-likeness (QED) is 0.310. The molecule has 0 heterocycles. The third kappa shape index (κ3) is 6.16. The molecule has 5 nitrogen and oxygen atoms in total. The maximum Gasteiger partial charge on any atom is 0.344 e. The van der Waals surface area contributed by atoms with E-state index in [-0.39, 0.29) is 11.5 Å². The highest BCUT2D eigenvalue weighted by atomic mass is 16.5. The number of rotatable bonds is 10. The van der Waals surface area contributed by atoms with Crippen LogP contribution in [0.4, 0.5) is 0 Å². The second-order valence-corrected chi connectivity index (χ2v) is 7.93. The predicted octanol–water partition coefficient (Wildman–Crippen LogP) is 6.49. The minimum atomic E-state index is -0.987. The molecule has 0 saturated carbocycles. The van der Waals surface area contributed by atoms with Gasteiger partial charge in [0.2, 0.25) is 0 Å². The SMILES string of the molecule is CCCCC(=C(c1ccc(O)cc1)c1ccc(O)cc1)c1cccc(OC(CC)C(=O)O)c1. The van der Waals surface area contributed by atoms with Gasteiger partial charge in [-0.3, -0.25) is 0 Å². The summed E-state index contributed by atoms with van der Waals surface area (Å²) in [5.74, 6) is -0.104. The molecule has 0 aromatic heterocycles. The van der Waals surface area contributed by atoms with Crippen LogP contribution in [-0.4, -0.2) is 27.4 Å². The molecular weight excluding hydrogens is 416 g/mol. The zero-order valence-electron chi connectivity index (χ0n) is 19.0. The summed E-state index contributed by atoms with van der Waals surface area (Å²) in [7, 11) is 0. The first kappa shape index (κ1) is 23.9. The smallest absolute Gasteiger partial charge is 0.344 e. The van der Waals surface area contributed by atoms with Crippen LogP contribution in [0.15, 0.2) is 72.8 Å². The Balaban J connectivity index is 2.19. The number of phenolic OH excluding ortho intramolecular Hbond substituents is 2. The van der Waals surface area contributed by atoms with Crippen molar-refractivity contribution in [2.45, 2.75) is 45.6 Å². The molecule has 0 amide bonds. The molecule has 0 aliphatic rings. The fraction of sp³-hybridized carbons (Fsp3) is 0.250. The van der Waals surface area contributed by atoms with Gasteiger partial charge in [0.25, 0.3) is 0 Å². The van der Waals surface area contributed by atoms with Crippen molar-refractivity contribution in [3.63, 3.8) is 0 Å². The Morgan fingerprint density at radius 2 is 1.42 bits per heavy atom. The Bertz CT molecular complexity index is 1050. The lowest BCUT2D eigenvalue weighted by Gasteiger charge is -2.19. The molecule has 0 aliphatic carbocycles. The highest BCUT2D eigenvalue weighted by Crippen LogP contribution is 2.37. The molecule has 5 heteroatoms. The summed E-state index contributed by atoms with van der Waals surface area (Å²) in [6, 6.07) is 21.7. The normalized spacial score (nSPS) is 11.6. The van der Waals surface area contributed by atoms with Gasteiger partial charge in [-0.25, -0.2) is 4.79 Å². The van der Waals surface area contributed by atoms with Crippen LogP contribution < -0.4 is 4.74 Å². The molecule has 3 aromatic carbocycles. The van der Waals surface area contributed by atoms with Gasteiger partial charge in [-0.2, -0.15) is 0 Å². The van der Waals surface area contributed by atoms with Crippen LogP contribution >= 0.6 is 0 Å². The summed E-state index contributed by atoms with van der Waals surface area (Å²) in [6.45, 7) is 3.92. The second-order valence-electron chi connectivity index (χ2n) is 7.93. The third-order valence-electron chi connectivity index (χ3n) is 5.50. The Kier molecular flexibility index (Phi) is 8.14. The first-order valence-electron chi connectivity index (χ1n) is 11.2. The second kappa shape index (κ2) is 11.2. The highest BCUT2D eigenvalue weighted by Gasteiger charge is 2.18. The van der Waals surface area contributed by atoms with Gasteiger partial charge < -0.3 is 20.1 Å². The number of aromatic hydroxyl groups is 2. The van der Waals surface area contributed by atoms with E-state index < -0.39 is 12.1 Å². The van der Waals surface area contributed by atoms with E-state index in [1.807, 2.05) is 42.5 Å². The average Bonchev–Trinajstić information content (AvgIpc) is 2.82. The number of carbonyl (C=O) groups is 1. The van der Waals surface area contributed by atoms with Crippen LogP contribution in [0.3, 0.4) is 0 Å². The molecule has 0 fully saturated rings. The minimum absolute atomic E-state index is 0.189. The van der Waals surface area contributed by atoms with Crippen LogP contribution in [0.2, 0.25) is 0 Å². The van der Waals surface area contributed by atoms with Crippen LogP contribution in [0, 0.1) is 0 Å². The van der Waals surface area contributed by atoms with Gasteiger partial charge in [-0.1, -0.05) is 56.7 Å². The Hall–Kier alpha value is -3.73. The zero-order valence-corrected chi connectivity index (χ0v) is 19.0. The summed E-state index contributed by atoms with van der Waals surface area (Å²) in [5.41, 5.74) is 4.89. The van der Waals surface area contributed by atoms with E-state index in [0.717, 1.165) is 47.1 Å². The summed E-state index contributed by atoms with van der Waals surface area (Å²) >= 11 is 0. The molecule has 0 bridgehead atoms. The van der Waals surface area contributed by atoms with Crippen molar-refractivity contribution in [1.82, 2.24) is 0 Å². The third-order valence-corrected chi connectivity index (χ3v) is 5.50. The summed E-state index contributed by atoms with van der Waals surface area (Å²) < 4.78 is 5.75.